The molecule has 0 spiro atoms. The predicted octanol–water partition coefficient (Wildman–Crippen LogP) is 3.35. The number of nitrogens with zero attached hydrogens (tertiary/aromatic N) is 1. The van der Waals surface area contributed by atoms with E-state index in [1.54, 1.807) is 35.2 Å². The molecule has 0 aliphatic heterocycles. The van der Waals surface area contributed by atoms with Crippen LogP contribution in [0, 0.1) is 5.82 Å². The van der Waals surface area contributed by atoms with Gasteiger partial charge in [0.1, 0.15) is 5.82 Å². The van der Waals surface area contributed by atoms with Gasteiger partial charge in [-0.2, -0.15) is 0 Å². The number of nitrogens with two attached hydrogens (primary N) is 1. The molecule has 0 unspecified atom stereocenters. The summed E-state index contributed by atoms with van der Waals surface area (Å²) in [5.41, 5.74) is 7.44. The Balaban J connectivity index is 2.58. The highest BCUT2D eigenvalue weighted by Gasteiger charge is 2.19. The van der Waals surface area contributed by atoms with E-state index in [0.717, 1.165) is 0 Å². The van der Waals surface area contributed by atoms with E-state index in [4.69, 9.17) is 10.5 Å². The first-order chi connectivity index (χ1) is 10.1. The van der Waals surface area contributed by atoms with Crippen LogP contribution in [0.1, 0.15) is 17.3 Å². The van der Waals surface area contributed by atoms with Crippen molar-refractivity contribution in [2.45, 2.75) is 6.92 Å². The van der Waals surface area contributed by atoms with Crippen molar-refractivity contribution in [1.82, 2.24) is 0 Å². The van der Waals surface area contributed by atoms with Crippen molar-refractivity contribution in [3.63, 3.8) is 0 Å². The molecule has 0 radical (unpaired) electrons. The number of carbonyl (C=O) groups is 1. The van der Waals surface area contributed by atoms with E-state index < -0.39 is 5.97 Å². The Labute approximate surface area is 122 Å². The number of hydrogen-bond donors (Lipinski definition) is 1. The van der Waals surface area contributed by atoms with Crippen molar-refractivity contribution in [3.8, 4) is 0 Å². The number of hydrogen-bond acceptors (Lipinski definition) is 4. The zero-order valence-corrected chi connectivity index (χ0v) is 12.0. The number of anilines is 3. The normalized spacial score (nSPS) is 10.2. The van der Waals surface area contributed by atoms with Crippen LogP contribution in [0.25, 0.3) is 0 Å². The van der Waals surface area contributed by atoms with Gasteiger partial charge in [-0.05, 0) is 37.3 Å². The number of rotatable bonds is 4. The minimum atomic E-state index is -0.507. The number of benzene rings is 2. The molecule has 0 aliphatic carbocycles. The van der Waals surface area contributed by atoms with Gasteiger partial charge in [0.15, 0.2) is 0 Å². The molecule has 0 amide bonds. The molecule has 2 N–H and O–H groups in total. The van der Waals surface area contributed by atoms with Crippen molar-refractivity contribution < 1.29 is 13.9 Å². The van der Waals surface area contributed by atoms with E-state index in [2.05, 4.69) is 0 Å². The molecule has 110 valence electrons. The Bertz CT molecular complexity index is 658. The van der Waals surface area contributed by atoms with E-state index >= 15 is 0 Å². The third kappa shape index (κ3) is 2.97. The van der Waals surface area contributed by atoms with Gasteiger partial charge in [0.05, 0.1) is 24.0 Å². The highest BCUT2D eigenvalue weighted by Crippen LogP contribution is 2.31. The molecule has 0 aromatic heterocycles. The molecular formula is C16H17FN2O2. The first kappa shape index (κ1) is 14.8. The molecule has 2 aromatic rings. The van der Waals surface area contributed by atoms with Crippen LogP contribution in [0.3, 0.4) is 0 Å². The number of para-hydroxylation sites is 1. The van der Waals surface area contributed by atoms with Crippen molar-refractivity contribution in [3.05, 3.63) is 53.8 Å². The molecule has 0 aliphatic rings. The summed E-state index contributed by atoms with van der Waals surface area (Å²) in [5.74, 6) is -0.862. The fraction of sp³-hybridized carbons (Fsp3) is 0.188. The van der Waals surface area contributed by atoms with Crippen LogP contribution in [0.5, 0.6) is 0 Å². The SMILES string of the molecule is CCN(c1ccccc1F)c1ccc(N)cc1C(=O)OC. The summed E-state index contributed by atoms with van der Waals surface area (Å²) in [6.07, 6.45) is 0. The largest absolute Gasteiger partial charge is 0.465 e. The lowest BCUT2D eigenvalue weighted by Crippen LogP contribution is -2.20. The highest BCUT2D eigenvalue weighted by molar-refractivity contribution is 5.98. The Morgan fingerprint density at radius 3 is 2.57 bits per heavy atom. The number of nitrogen functional groups attached to an aromatic ring is 1. The molecule has 5 heteroatoms. The summed E-state index contributed by atoms with van der Waals surface area (Å²) in [7, 11) is 1.30. The minimum absolute atomic E-state index is 0.308. The Hall–Kier alpha value is -2.56. The summed E-state index contributed by atoms with van der Waals surface area (Å²) in [5, 5.41) is 0. The zero-order chi connectivity index (χ0) is 15.4. The minimum Gasteiger partial charge on any atom is -0.465 e. The maximum absolute atomic E-state index is 14.0. The van der Waals surface area contributed by atoms with Crippen LogP contribution in [0.15, 0.2) is 42.5 Å². The summed E-state index contributed by atoms with van der Waals surface area (Å²) in [6.45, 7) is 2.37. The van der Waals surface area contributed by atoms with Crippen molar-refractivity contribution >= 4 is 23.0 Å². The van der Waals surface area contributed by atoms with Crippen LogP contribution < -0.4 is 10.6 Å². The monoisotopic (exact) mass is 288 g/mol. The van der Waals surface area contributed by atoms with Crippen molar-refractivity contribution in [1.29, 1.82) is 0 Å². The molecule has 4 nitrogen and oxygen atoms in total. The lowest BCUT2D eigenvalue weighted by Gasteiger charge is -2.25. The predicted molar refractivity (Wildman–Crippen MR) is 81.3 cm³/mol. The summed E-state index contributed by atoms with van der Waals surface area (Å²) in [6, 6.07) is 11.3. The second-order valence-electron chi connectivity index (χ2n) is 4.46. The molecule has 2 rings (SSSR count). The number of esters is 1. The second-order valence-corrected chi connectivity index (χ2v) is 4.46. The molecule has 0 atom stereocenters. The van der Waals surface area contributed by atoms with Gasteiger partial charge >= 0.3 is 5.97 Å². The molecule has 21 heavy (non-hydrogen) atoms. The van der Waals surface area contributed by atoms with Crippen LogP contribution in [-0.4, -0.2) is 19.6 Å². The molecule has 0 bridgehead atoms. The van der Waals surface area contributed by atoms with Gasteiger partial charge in [-0.1, -0.05) is 12.1 Å². The first-order valence-corrected chi connectivity index (χ1v) is 6.58. The van der Waals surface area contributed by atoms with Gasteiger partial charge < -0.3 is 15.4 Å². The lowest BCUT2D eigenvalue weighted by molar-refractivity contribution is 0.0601. The maximum Gasteiger partial charge on any atom is 0.340 e. The quantitative estimate of drug-likeness (QED) is 0.692. The first-order valence-electron chi connectivity index (χ1n) is 6.58. The van der Waals surface area contributed by atoms with E-state index in [1.807, 2.05) is 6.92 Å². The van der Waals surface area contributed by atoms with Crippen molar-refractivity contribution in [2.24, 2.45) is 0 Å². The highest BCUT2D eigenvalue weighted by atomic mass is 19.1. The second kappa shape index (κ2) is 6.26. The van der Waals surface area contributed by atoms with E-state index in [-0.39, 0.29) is 5.82 Å². The number of carbonyl (C=O) groups excluding carboxylic acids is 1. The van der Waals surface area contributed by atoms with E-state index in [9.17, 15) is 9.18 Å². The Morgan fingerprint density at radius 1 is 1.24 bits per heavy atom. The molecule has 0 saturated heterocycles. The number of halogens is 1. The molecule has 2 aromatic carbocycles. The Morgan fingerprint density at radius 2 is 1.95 bits per heavy atom. The van der Waals surface area contributed by atoms with Gasteiger partial charge in [-0.3, -0.25) is 0 Å². The fourth-order valence-corrected chi connectivity index (χ4v) is 2.20. The molecule has 0 heterocycles. The van der Waals surface area contributed by atoms with Crippen LogP contribution >= 0.6 is 0 Å². The average Bonchev–Trinajstić information content (AvgIpc) is 2.50. The number of methoxy groups -OCH3 is 1. The van der Waals surface area contributed by atoms with Gasteiger partial charge in [-0.25, -0.2) is 9.18 Å². The molecule has 0 fully saturated rings. The van der Waals surface area contributed by atoms with E-state index in [0.29, 0.717) is 29.2 Å². The lowest BCUT2D eigenvalue weighted by atomic mass is 10.1. The third-order valence-corrected chi connectivity index (χ3v) is 3.18. The van der Waals surface area contributed by atoms with E-state index in [1.165, 1.54) is 19.2 Å². The van der Waals surface area contributed by atoms with Crippen LogP contribution in [0.4, 0.5) is 21.5 Å². The van der Waals surface area contributed by atoms with Gasteiger partial charge in [0.2, 0.25) is 0 Å². The van der Waals surface area contributed by atoms with Crippen LogP contribution in [0.2, 0.25) is 0 Å². The molecular weight excluding hydrogens is 271 g/mol. The van der Waals surface area contributed by atoms with Gasteiger partial charge in [-0.15, -0.1) is 0 Å². The maximum atomic E-state index is 14.0. The Kier molecular flexibility index (Phi) is 4.42. The van der Waals surface area contributed by atoms with Gasteiger partial charge in [0, 0.05) is 12.2 Å². The fourth-order valence-electron chi connectivity index (χ4n) is 2.20. The average molecular weight is 288 g/mol. The van der Waals surface area contributed by atoms with Crippen LogP contribution in [-0.2, 0) is 4.74 Å². The van der Waals surface area contributed by atoms with Gasteiger partial charge in [0.25, 0.3) is 0 Å². The standard InChI is InChI=1S/C16H17FN2O2/c1-3-19(15-7-5-4-6-13(15)17)14-9-8-11(18)10-12(14)16(20)21-2/h4-10H,3,18H2,1-2H3. The summed E-state index contributed by atoms with van der Waals surface area (Å²) >= 11 is 0. The zero-order valence-electron chi connectivity index (χ0n) is 12.0. The molecule has 0 saturated carbocycles. The van der Waals surface area contributed by atoms with Crippen molar-refractivity contribution in [2.75, 3.05) is 24.3 Å². The number of ether oxygens (including phenoxy) is 1. The summed E-state index contributed by atoms with van der Waals surface area (Å²) < 4.78 is 18.8. The third-order valence-electron chi connectivity index (χ3n) is 3.18. The smallest absolute Gasteiger partial charge is 0.340 e. The topological polar surface area (TPSA) is 55.6 Å². The summed E-state index contributed by atoms with van der Waals surface area (Å²) in [4.78, 5) is 13.6.